The number of ketones is 3. The zero-order valence-electron chi connectivity index (χ0n) is 21.3. The third-order valence-corrected chi connectivity index (χ3v) is 7.29. The van der Waals surface area contributed by atoms with E-state index in [4.69, 9.17) is 0 Å². The van der Waals surface area contributed by atoms with Crippen LogP contribution in [0.15, 0.2) is 0 Å². The first-order valence-corrected chi connectivity index (χ1v) is 12.1. The Morgan fingerprint density at radius 2 is 0.967 bits per heavy atom. The zero-order chi connectivity index (χ0) is 23.3. The monoisotopic (exact) mass is 420 g/mol. The molecule has 0 aliphatic heterocycles. The number of rotatable bonds is 0. The maximum atomic E-state index is 11.2. The van der Waals surface area contributed by atoms with E-state index in [0.717, 1.165) is 57.8 Å². The lowest BCUT2D eigenvalue weighted by atomic mass is 9.79. The van der Waals surface area contributed by atoms with Crippen LogP contribution in [0.4, 0.5) is 0 Å². The average molecular weight is 421 g/mol. The Bertz CT molecular complexity index is 559. The van der Waals surface area contributed by atoms with E-state index in [-0.39, 0.29) is 5.41 Å². The third-order valence-electron chi connectivity index (χ3n) is 7.29. The van der Waals surface area contributed by atoms with Gasteiger partial charge in [0.15, 0.2) is 0 Å². The second kappa shape index (κ2) is 10.6. The third kappa shape index (κ3) is 9.02. The van der Waals surface area contributed by atoms with Crippen molar-refractivity contribution in [3.05, 3.63) is 0 Å². The van der Waals surface area contributed by atoms with Gasteiger partial charge in [-0.15, -0.1) is 0 Å². The van der Waals surface area contributed by atoms with Crippen molar-refractivity contribution >= 4 is 17.3 Å². The van der Waals surface area contributed by atoms with E-state index >= 15 is 0 Å². The smallest absolute Gasteiger partial charge is 0.136 e. The minimum atomic E-state index is 0.202. The molecule has 3 heteroatoms. The van der Waals surface area contributed by atoms with Crippen LogP contribution < -0.4 is 0 Å². The summed E-state index contributed by atoms with van der Waals surface area (Å²) in [7, 11) is 0. The van der Waals surface area contributed by atoms with Gasteiger partial charge in [-0.25, -0.2) is 0 Å². The maximum Gasteiger partial charge on any atom is 0.136 e. The second-order valence-corrected chi connectivity index (χ2v) is 13.0. The van der Waals surface area contributed by atoms with E-state index in [0.29, 0.717) is 45.9 Å². The minimum absolute atomic E-state index is 0.202. The molecule has 0 N–H and O–H groups in total. The van der Waals surface area contributed by atoms with Crippen molar-refractivity contribution in [3.8, 4) is 0 Å². The average Bonchev–Trinajstić information content (AvgIpc) is 3.27. The van der Waals surface area contributed by atoms with Gasteiger partial charge in [-0.1, -0.05) is 62.3 Å². The van der Waals surface area contributed by atoms with Crippen LogP contribution >= 0.6 is 0 Å². The van der Waals surface area contributed by atoms with E-state index in [9.17, 15) is 14.4 Å². The van der Waals surface area contributed by atoms with Crippen molar-refractivity contribution in [1.29, 1.82) is 0 Å². The predicted molar refractivity (Wildman–Crippen MR) is 125 cm³/mol. The fourth-order valence-corrected chi connectivity index (χ4v) is 4.84. The molecule has 3 saturated carbocycles. The Morgan fingerprint density at radius 1 is 0.567 bits per heavy atom. The molecule has 3 atom stereocenters. The van der Waals surface area contributed by atoms with Crippen molar-refractivity contribution in [1.82, 2.24) is 0 Å². The maximum absolute atomic E-state index is 11.2. The first kappa shape index (κ1) is 27.0. The summed E-state index contributed by atoms with van der Waals surface area (Å²) in [6.07, 6.45) is 8.56. The molecule has 3 rings (SSSR count). The van der Waals surface area contributed by atoms with Gasteiger partial charge in [0.2, 0.25) is 0 Å². The summed E-state index contributed by atoms with van der Waals surface area (Å²) in [5.74, 6) is 3.01. The molecule has 0 spiro atoms. The molecule has 0 saturated heterocycles. The molecule has 174 valence electrons. The van der Waals surface area contributed by atoms with Crippen molar-refractivity contribution in [2.24, 2.45) is 34.0 Å². The lowest BCUT2D eigenvalue weighted by Gasteiger charge is -2.25. The summed E-state index contributed by atoms with van der Waals surface area (Å²) < 4.78 is 0. The highest BCUT2D eigenvalue weighted by atomic mass is 16.1. The Labute approximate surface area is 186 Å². The molecular formula is C27H48O3. The van der Waals surface area contributed by atoms with E-state index in [2.05, 4.69) is 62.3 Å². The molecule has 3 aliphatic rings. The van der Waals surface area contributed by atoms with Crippen LogP contribution in [0.1, 0.15) is 120 Å². The van der Waals surface area contributed by atoms with Gasteiger partial charge in [0, 0.05) is 38.0 Å². The fraction of sp³-hybridized carbons (Fsp3) is 0.889. The summed E-state index contributed by atoms with van der Waals surface area (Å²) >= 11 is 0. The second-order valence-electron chi connectivity index (χ2n) is 13.0. The molecule has 3 aliphatic carbocycles. The minimum Gasteiger partial charge on any atom is -0.300 e. The topological polar surface area (TPSA) is 51.2 Å². The highest BCUT2D eigenvalue weighted by Crippen LogP contribution is 2.38. The van der Waals surface area contributed by atoms with Gasteiger partial charge in [0.1, 0.15) is 17.3 Å². The Balaban J connectivity index is 0.000000225. The molecule has 0 radical (unpaired) electrons. The molecule has 3 fully saturated rings. The van der Waals surface area contributed by atoms with Crippen LogP contribution in [0.2, 0.25) is 0 Å². The SMILES string of the molecule is CC(C)(C)C1CCC(=O)C1.CC(C)(C)C1CCC(=O)C1.CC(C)(C)C1CCCC1=O. The van der Waals surface area contributed by atoms with Crippen LogP contribution in [0.25, 0.3) is 0 Å². The van der Waals surface area contributed by atoms with Crippen LogP contribution in [0.5, 0.6) is 0 Å². The Morgan fingerprint density at radius 3 is 1.10 bits per heavy atom. The number of hydrogen-bond donors (Lipinski definition) is 0. The van der Waals surface area contributed by atoms with E-state index in [1.165, 1.54) is 0 Å². The highest BCUT2D eigenvalue weighted by molar-refractivity contribution is 5.83. The summed E-state index contributed by atoms with van der Waals surface area (Å²) in [5, 5.41) is 0. The molecule has 0 aromatic carbocycles. The molecule has 0 aromatic rings. The van der Waals surface area contributed by atoms with Gasteiger partial charge in [0.05, 0.1) is 0 Å². The predicted octanol–water partition coefficient (Wildman–Crippen LogP) is 7.21. The van der Waals surface area contributed by atoms with Crippen LogP contribution in [0, 0.1) is 34.0 Å². The molecule has 3 unspecified atom stereocenters. The van der Waals surface area contributed by atoms with Gasteiger partial charge in [-0.2, -0.15) is 0 Å². The van der Waals surface area contributed by atoms with E-state index in [1.807, 2.05) is 0 Å². The Hall–Kier alpha value is -0.990. The quantitative estimate of drug-likeness (QED) is 0.416. The first-order chi connectivity index (χ1) is 13.5. The molecule has 3 nitrogen and oxygen atoms in total. The van der Waals surface area contributed by atoms with Crippen LogP contribution in [-0.2, 0) is 14.4 Å². The largest absolute Gasteiger partial charge is 0.300 e. The Kier molecular flexibility index (Phi) is 9.51. The molecule has 30 heavy (non-hydrogen) atoms. The normalized spacial score (nSPS) is 27.5. The highest BCUT2D eigenvalue weighted by Gasteiger charge is 2.34. The van der Waals surface area contributed by atoms with Gasteiger partial charge >= 0.3 is 0 Å². The number of carbonyl (C=O) groups excluding carboxylic acids is 3. The van der Waals surface area contributed by atoms with Crippen molar-refractivity contribution in [2.75, 3.05) is 0 Å². The lowest BCUT2D eigenvalue weighted by Crippen LogP contribution is -2.23. The number of hydrogen-bond acceptors (Lipinski definition) is 3. The van der Waals surface area contributed by atoms with Gasteiger partial charge in [-0.05, 0) is 53.8 Å². The first-order valence-electron chi connectivity index (χ1n) is 12.1. The van der Waals surface area contributed by atoms with Crippen molar-refractivity contribution < 1.29 is 14.4 Å². The standard InChI is InChI=1S/3C9H16O/c2*1-9(2,3)7-4-5-8(10)6-7;1-9(2,3)7-5-4-6-8(7)10/h3*7H,4-6H2,1-3H3. The van der Waals surface area contributed by atoms with Gasteiger partial charge in [0.25, 0.3) is 0 Å². The number of Topliss-reactive ketones (excluding diaryl/α,β-unsaturated/α-hetero) is 3. The van der Waals surface area contributed by atoms with Crippen LogP contribution in [0.3, 0.4) is 0 Å². The molecule has 0 amide bonds. The summed E-state index contributed by atoms with van der Waals surface area (Å²) in [5.41, 5.74) is 0.881. The summed E-state index contributed by atoms with van der Waals surface area (Å²) in [4.78, 5) is 33.0. The van der Waals surface area contributed by atoms with Crippen molar-refractivity contribution in [3.63, 3.8) is 0 Å². The van der Waals surface area contributed by atoms with E-state index < -0.39 is 0 Å². The lowest BCUT2D eigenvalue weighted by molar-refractivity contribution is -0.123. The van der Waals surface area contributed by atoms with Crippen molar-refractivity contribution in [2.45, 2.75) is 120 Å². The fourth-order valence-electron chi connectivity index (χ4n) is 4.84. The van der Waals surface area contributed by atoms with Gasteiger partial charge < -0.3 is 0 Å². The summed E-state index contributed by atoms with van der Waals surface area (Å²) in [6, 6.07) is 0. The van der Waals surface area contributed by atoms with Gasteiger partial charge in [-0.3, -0.25) is 14.4 Å². The molecule has 0 aromatic heterocycles. The van der Waals surface area contributed by atoms with E-state index in [1.54, 1.807) is 0 Å². The molecule has 0 heterocycles. The molecule has 0 bridgehead atoms. The zero-order valence-corrected chi connectivity index (χ0v) is 21.3. The van der Waals surface area contributed by atoms with Crippen LogP contribution in [-0.4, -0.2) is 17.3 Å². The number of carbonyl (C=O) groups is 3. The molecular weight excluding hydrogens is 372 g/mol. The summed E-state index contributed by atoms with van der Waals surface area (Å²) in [6.45, 7) is 19.8.